The summed E-state index contributed by atoms with van der Waals surface area (Å²) in [5, 5.41) is 31.5. The predicted octanol–water partition coefficient (Wildman–Crippen LogP) is 6.76. The molecule has 3 saturated carbocycles. The molecule has 6 rings (SSSR count). The van der Waals surface area contributed by atoms with Gasteiger partial charge in [-0.05, 0) is 129 Å². The zero-order valence-corrected chi connectivity index (χ0v) is 29.0. The van der Waals surface area contributed by atoms with E-state index in [9.17, 15) is 45.8 Å². The molecule has 0 bridgehead atoms. The molecule has 50 heavy (non-hydrogen) atoms. The van der Waals surface area contributed by atoms with Gasteiger partial charge in [-0.3, -0.25) is 9.59 Å². The molecule has 2 aromatic carbocycles. The number of anilines is 1. The number of hydrogen-bond donors (Lipinski definition) is 3. The molecule has 4 aliphatic carbocycles. The molecule has 1 unspecified atom stereocenters. The number of sulfone groups is 1. The van der Waals surface area contributed by atoms with E-state index >= 15 is 0 Å². The standard InChI is InChI=1S/C19H28O2.C18H14F4N2O4S/c1-18-9-7-13(20)11-12(18)3-4-14-15-5-6-17(21)19(15,2)10-8-16(14)18;1-17(26,10-29(27,28)14-6-3-12(19)4-7-14)16(25)24-13-5-2-11(9-23)15(8-13)18(20,21)22/h11,14-17,21H,3-10H2,1-2H3;2-8,26H,10H2,1H3,(H,24,25)/t14-,15-,16-,17-,18-,19-;/m0./s1. The van der Waals surface area contributed by atoms with E-state index in [-0.39, 0.29) is 27.5 Å². The third-order valence-electron chi connectivity index (χ3n) is 11.7. The molecule has 7 atom stereocenters. The Kier molecular flexibility index (Phi) is 10.2. The van der Waals surface area contributed by atoms with Crippen LogP contribution in [0, 0.1) is 45.7 Å². The van der Waals surface area contributed by atoms with Crippen molar-refractivity contribution in [1.82, 2.24) is 0 Å². The van der Waals surface area contributed by atoms with Crippen LogP contribution in [0.3, 0.4) is 0 Å². The number of fused-ring (bicyclic) bond motifs is 5. The highest BCUT2D eigenvalue weighted by Gasteiger charge is 2.58. The molecule has 0 radical (unpaired) electrons. The number of aliphatic hydroxyl groups is 2. The Morgan fingerprint density at radius 3 is 2.34 bits per heavy atom. The maximum absolute atomic E-state index is 13.0. The quantitative estimate of drug-likeness (QED) is 0.229. The van der Waals surface area contributed by atoms with Crippen molar-refractivity contribution in [3.05, 3.63) is 71.1 Å². The summed E-state index contributed by atoms with van der Waals surface area (Å²) >= 11 is 0. The van der Waals surface area contributed by atoms with Gasteiger partial charge in [0.2, 0.25) is 0 Å². The summed E-state index contributed by atoms with van der Waals surface area (Å²) in [7, 11) is -4.21. The number of allylic oxidation sites excluding steroid dienone is 1. The van der Waals surface area contributed by atoms with E-state index in [0.29, 0.717) is 17.8 Å². The lowest BCUT2D eigenvalue weighted by Gasteiger charge is -2.57. The van der Waals surface area contributed by atoms with Crippen molar-refractivity contribution in [3.8, 4) is 6.07 Å². The number of benzene rings is 2. The highest BCUT2D eigenvalue weighted by molar-refractivity contribution is 7.91. The van der Waals surface area contributed by atoms with E-state index < -0.39 is 50.2 Å². The number of nitriles is 1. The van der Waals surface area contributed by atoms with Gasteiger partial charge in [-0.25, -0.2) is 12.8 Å². The molecule has 0 heterocycles. The minimum atomic E-state index is -4.86. The number of aliphatic hydroxyl groups excluding tert-OH is 1. The minimum absolute atomic E-state index is 0.0823. The molecule has 0 aliphatic heterocycles. The molecule has 2 aromatic rings. The van der Waals surface area contributed by atoms with Gasteiger partial charge < -0.3 is 15.5 Å². The van der Waals surface area contributed by atoms with E-state index in [1.165, 1.54) is 37.3 Å². The Morgan fingerprint density at radius 2 is 1.70 bits per heavy atom. The lowest BCUT2D eigenvalue weighted by atomic mass is 9.47. The molecule has 4 aliphatic rings. The summed E-state index contributed by atoms with van der Waals surface area (Å²) in [6.45, 7) is 5.64. The van der Waals surface area contributed by atoms with E-state index in [1.54, 1.807) is 0 Å². The fraction of sp³-hybridized carbons (Fsp3) is 0.541. The van der Waals surface area contributed by atoms with Crippen LogP contribution >= 0.6 is 0 Å². The maximum Gasteiger partial charge on any atom is 0.417 e. The number of halogens is 4. The number of nitrogens with one attached hydrogen (secondary N) is 1. The molecular formula is C37H42F4N2O6S. The van der Waals surface area contributed by atoms with Gasteiger partial charge in [0.15, 0.2) is 21.2 Å². The second kappa shape index (κ2) is 13.5. The molecule has 8 nitrogen and oxygen atoms in total. The van der Waals surface area contributed by atoms with E-state index in [1.807, 2.05) is 11.4 Å². The lowest BCUT2D eigenvalue weighted by molar-refractivity contribution is -0.138. The van der Waals surface area contributed by atoms with Crippen LogP contribution in [0.25, 0.3) is 0 Å². The van der Waals surface area contributed by atoms with Crippen LogP contribution in [0.15, 0.2) is 59.0 Å². The van der Waals surface area contributed by atoms with Crippen LogP contribution in [-0.4, -0.2) is 47.8 Å². The number of ketones is 1. The van der Waals surface area contributed by atoms with E-state index in [0.717, 1.165) is 80.8 Å². The van der Waals surface area contributed by atoms with Crippen molar-refractivity contribution in [3.63, 3.8) is 0 Å². The smallest absolute Gasteiger partial charge is 0.393 e. The number of nitrogens with zero attached hydrogens (tertiary/aromatic N) is 1. The van der Waals surface area contributed by atoms with Gasteiger partial charge >= 0.3 is 6.18 Å². The first-order chi connectivity index (χ1) is 23.2. The molecule has 0 aromatic heterocycles. The van der Waals surface area contributed by atoms with E-state index in [4.69, 9.17) is 5.26 Å². The number of alkyl halides is 3. The summed E-state index contributed by atoms with van der Waals surface area (Å²) in [4.78, 5) is 23.7. The largest absolute Gasteiger partial charge is 0.417 e. The normalized spacial score (nSPS) is 30.2. The van der Waals surface area contributed by atoms with Gasteiger partial charge in [0, 0.05) is 12.1 Å². The number of carbonyl (C=O) groups is 2. The molecule has 13 heteroatoms. The van der Waals surface area contributed by atoms with Crippen molar-refractivity contribution in [2.75, 3.05) is 11.1 Å². The zero-order chi connectivity index (χ0) is 36.9. The number of amides is 1. The second-order valence-corrected chi connectivity index (χ2v) is 16.9. The van der Waals surface area contributed by atoms with Gasteiger partial charge in [-0.1, -0.05) is 19.4 Å². The summed E-state index contributed by atoms with van der Waals surface area (Å²) in [6.07, 6.45) is 5.85. The lowest BCUT2D eigenvalue weighted by Crippen LogP contribution is -2.51. The van der Waals surface area contributed by atoms with Crippen molar-refractivity contribution < 1.29 is 45.8 Å². The average molecular weight is 719 g/mol. The molecule has 0 spiro atoms. The second-order valence-electron chi connectivity index (χ2n) is 14.9. The average Bonchev–Trinajstić information content (AvgIpc) is 3.35. The summed E-state index contributed by atoms with van der Waals surface area (Å²) in [6, 6.07) is 7.40. The van der Waals surface area contributed by atoms with Gasteiger partial charge in [0.25, 0.3) is 5.91 Å². The van der Waals surface area contributed by atoms with Crippen molar-refractivity contribution in [1.29, 1.82) is 5.26 Å². The number of rotatable bonds is 5. The van der Waals surface area contributed by atoms with Crippen molar-refractivity contribution in [2.24, 2.45) is 28.6 Å². The van der Waals surface area contributed by atoms with Gasteiger partial charge in [0.05, 0.1) is 33.9 Å². The maximum atomic E-state index is 13.0. The summed E-state index contributed by atoms with van der Waals surface area (Å²) in [5.74, 6) is -0.485. The SMILES string of the molecule is CC(O)(CS(=O)(=O)c1ccc(F)cc1)C(=O)Nc1ccc(C#N)c(C(F)(F)F)c1.C[C@]12CC[C@H]3[C@@H](CCC4=CC(=O)CC[C@@]43C)[C@@H]1CC[C@@H]2O. The Balaban J connectivity index is 0.000000203. The molecule has 3 N–H and O–H groups in total. The molecule has 3 fully saturated rings. The zero-order valence-electron chi connectivity index (χ0n) is 28.2. The Hall–Kier alpha value is -3.60. The van der Waals surface area contributed by atoms with Crippen LogP contribution in [-0.2, 0) is 25.6 Å². The van der Waals surface area contributed by atoms with Crippen LogP contribution in [0.1, 0.15) is 83.3 Å². The Morgan fingerprint density at radius 1 is 1.02 bits per heavy atom. The Bertz CT molecular complexity index is 1830. The first-order valence-electron chi connectivity index (χ1n) is 16.8. The van der Waals surface area contributed by atoms with Crippen molar-refractivity contribution in [2.45, 2.75) is 94.9 Å². The van der Waals surface area contributed by atoms with Crippen LogP contribution in [0.5, 0.6) is 0 Å². The van der Waals surface area contributed by atoms with Gasteiger partial charge in [-0.2, -0.15) is 18.4 Å². The molecule has 1 amide bonds. The fourth-order valence-corrected chi connectivity index (χ4v) is 10.5. The fourth-order valence-electron chi connectivity index (χ4n) is 8.91. The molecular weight excluding hydrogens is 676 g/mol. The van der Waals surface area contributed by atoms with Crippen LogP contribution in [0.2, 0.25) is 0 Å². The topological polar surface area (TPSA) is 145 Å². The summed E-state index contributed by atoms with van der Waals surface area (Å²) in [5.41, 5.74) is -2.98. The van der Waals surface area contributed by atoms with E-state index in [2.05, 4.69) is 13.8 Å². The van der Waals surface area contributed by atoms with Gasteiger partial charge in [-0.15, -0.1) is 0 Å². The monoisotopic (exact) mass is 718 g/mol. The third-order valence-corrected chi connectivity index (χ3v) is 13.7. The Labute approximate surface area is 289 Å². The van der Waals surface area contributed by atoms with Crippen molar-refractivity contribution >= 4 is 27.2 Å². The molecule has 270 valence electrons. The minimum Gasteiger partial charge on any atom is -0.393 e. The number of carbonyl (C=O) groups excluding carboxylic acids is 2. The molecule has 0 saturated heterocycles. The summed E-state index contributed by atoms with van der Waals surface area (Å²) < 4.78 is 76.6. The highest BCUT2D eigenvalue weighted by Crippen LogP contribution is 2.65. The predicted molar refractivity (Wildman–Crippen MR) is 177 cm³/mol. The first kappa shape index (κ1) is 37.7. The third kappa shape index (κ3) is 7.25. The highest BCUT2D eigenvalue weighted by atomic mass is 32.2. The van der Waals surface area contributed by atoms with Crippen LogP contribution < -0.4 is 5.32 Å². The number of hydrogen-bond acceptors (Lipinski definition) is 7. The van der Waals surface area contributed by atoms with Crippen LogP contribution in [0.4, 0.5) is 23.2 Å². The van der Waals surface area contributed by atoms with Gasteiger partial charge in [0.1, 0.15) is 5.82 Å². The first-order valence-corrected chi connectivity index (χ1v) is 18.4.